The van der Waals surface area contributed by atoms with Crippen LogP contribution in [-0.4, -0.2) is 17.7 Å². The van der Waals surface area contributed by atoms with Crippen molar-refractivity contribution in [2.24, 2.45) is 0 Å². The van der Waals surface area contributed by atoms with Crippen molar-refractivity contribution in [2.75, 3.05) is 0 Å². The molecule has 1 heterocycles. The SMILES string of the molecule is CC1(C)OC(=O)C(=Cc2c(F)c(F)cc(Cl)c2Cl)C(=O)O1. The fourth-order valence-electron chi connectivity index (χ4n) is 1.64. The number of benzene rings is 1. The predicted molar refractivity (Wildman–Crippen MR) is 70.6 cm³/mol. The number of halogens is 4. The molecule has 0 spiro atoms. The highest BCUT2D eigenvalue weighted by Crippen LogP contribution is 2.33. The average Bonchev–Trinajstić information content (AvgIpc) is 2.33. The fourth-order valence-corrected chi connectivity index (χ4v) is 2.03. The molecule has 0 amide bonds. The van der Waals surface area contributed by atoms with Crippen molar-refractivity contribution in [1.82, 2.24) is 0 Å². The molecule has 2 rings (SSSR count). The van der Waals surface area contributed by atoms with Crippen LogP contribution in [0.3, 0.4) is 0 Å². The van der Waals surface area contributed by atoms with Gasteiger partial charge < -0.3 is 9.47 Å². The third kappa shape index (κ3) is 3.01. The van der Waals surface area contributed by atoms with Gasteiger partial charge in [-0.15, -0.1) is 0 Å². The highest BCUT2D eigenvalue weighted by Gasteiger charge is 2.39. The summed E-state index contributed by atoms with van der Waals surface area (Å²) in [6, 6.07) is 0.682. The van der Waals surface area contributed by atoms with Crippen molar-refractivity contribution in [3.05, 3.63) is 38.9 Å². The zero-order valence-electron chi connectivity index (χ0n) is 10.8. The Kier molecular flexibility index (Phi) is 3.95. The van der Waals surface area contributed by atoms with E-state index in [2.05, 4.69) is 0 Å². The lowest BCUT2D eigenvalue weighted by Gasteiger charge is -2.29. The minimum absolute atomic E-state index is 0.264. The van der Waals surface area contributed by atoms with E-state index in [0.717, 1.165) is 6.08 Å². The van der Waals surface area contributed by atoms with Crippen LogP contribution in [0, 0.1) is 11.6 Å². The molecule has 21 heavy (non-hydrogen) atoms. The molecule has 0 unspecified atom stereocenters. The van der Waals surface area contributed by atoms with Gasteiger partial charge in [0.25, 0.3) is 5.79 Å². The second kappa shape index (κ2) is 5.27. The molecule has 0 radical (unpaired) electrons. The number of cyclic esters (lactones) is 2. The first-order chi connectivity index (χ1) is 9.62. The molecule has 0 bridgehead atoms. The van der Waals surface area contributed by atoms with Crippen LogP contribution < -0.4 is 0 Å². The Morgan fingerprint density at radius 2 is 1.67 bits per heavy atom. The molecule has 1 fully saturated rings. The molecule has 8 heteroatoms. The maximum absolute atomic E-state index is 13.7. The highest BCUT2D eigenvalue weighted by atomic mass is 35.5. The quantitative estimate of drug-likeness (QED) is 0.341. The lowest BCUT2D eigenvalue weighted by atomic mass is 10.1. The van der Waals surface area contributed by atoms with Crippen LogP contribution in [0.4, 0.5) is 8.78 Å². The maximum Gasteiger partial charge on any atom is 0.348 e. The van der Waals surface area contributed by atoms with Gasteiger partial charge in [0.15, 0.2) is 11.6 Å². The minimum Gasteiger partial charge on any atom is -0.419 e. The molecule has 1 aromatic rings. The lowest BCUT2D eigenvalue weighted by Crippen LogP contribution is -2.41. The molecule has 0 aliphatic carbocycles. The Morgan fingerprint density at radius 1 is 1.14 bits per heavy atom. The van der Waals surface area contributed by atoms with Gasteiger partial charge in [-0.1, -0.05) is 23.2 Å². The normalized spacial score (nSPS) is 17.3. The zero-order chi connectivity index (χ0) is 15.9. The van der Waals surface area contributed by atoms with Gasteiger partial charge in [0.05, 0.1) is 10.0 Å². The van der Waals surface area contributed by atoms with E-state index in [1.807, 2.05) is 0 Å². The van der Waals surface area contributed by atoms with Gasteiger partial charge in [-0.05, 0) is 12.1 Å². The Labute approximate surface area is 128 Å². The van der Waals surface area contributed by atoms with Crippen LogP contribution in [0.15, 0.2) is 11.6 Å². The Morgan fingerprint density at radius 3 is 2.19 bits per heavy atom. The smallest absolute Gasteiger partial charge is 0.348 e. The summed E-state index contributed by atoms with van der Waals surface area (Å²) in [7, 11) is 0. The van der Waals surface area contributed by atoms with E-state index >= 15 is 0 Å². The minimum atomic E-state index is -1.44. The van der Waals surface area contributed by atoms with E-state index in [1.54, 1.807) is 0 Å². The summed E-state index contributed by atoms with van der Waals surface area (Å²) >= 11 is 11.4. The molecule has 112 valence electrons. The van der Waals surface area contributed by atoms with Crippen LogP contribution >= 0.6 is 23.2 Å². The number of hydrogen-bond donors (Lipinski definition) is 0. The Bertz CT molecular complexity index is 635. The standard InChI is InChI=1S/C13H8Cl2F2O4/c1-13(2)20-11(18)6(12(19)21-13)3-5-9(15)7(14)4-8(16)10(5)17/h3-4H,1-2H3. The molecule has 1 aliphatic rings. The molecule has 0 N–H and O–H groups in total. The van der Waals surface area contributed by atoms with Gasteiger partial charge in [-0.25, -0.2) is 18.4 Å². The van der Waals surface area contributed by atoms with Gasteiger partial charge in [-0.3, -0.25) is 0 Å². The summed E-state index contributed by atoms with van der Waals surface area (Å²) in [5, 5.41) is -0.603. The highest BCUT2D eigenvalue weighted by molar-refractivity contribution is 6.43. The van der Waals surface area contributed by atoms with Gasteiger partial charge in [0.1, 0.15) is 5.57 Å². The molecule has 1 saturated heterocycles. The van der Waals surface area contributed by atoms with Crippen LogP contribution in [0.5, 0.6) is 0 Å². The molecular formula is C13H8Cl2F2O4. The van der Waals surface area contributed by atoms with E-state index in [4.69, 9.17) is 32.7 Å². The number of ether oxygens (including phenoxy) is 2. The van der Waals surface area contributed by atoms with Crippen LogP contribution in [-0.2, 0) is 19.1 Å². The number of carbonyl (C=O) groups is 2. The summed E-state index contributed by atoms with van der Waals surface area (Å²) in [5.41, 5.74) is -1.15. The molecular weight excluding hydrogens is 329 g/mol. The monoisotopic (exact) mass is 336 g/mol. The van der Waals surface area contributed by atoms with Crippen molar-refractivity contribution in [2.45, 2.75) is 19.6 Å². The number of carbonyl (C=O) groups excluding carboxylic acids is 2. The van der Waals surface area contributed by atoms with Crippen molar-refractivity contribution in [3.8, 4) is 0 Å². The van der Waals surface area contributed by atoms with Crippen LogP contribution in [0.1, 0.15) is 19.4 Å². The first kappa shape index (κ1) is 15.7. The number of hydrogen-bond acceptors (Lipinski definition) is 4. The maximum atomic E-state index is 13.7. The summed E-state index contributed by atoms with van der Waals surface area (Å²) in [4.78, 5) is 23.5. The predicted octanol–water partition coefficient (Wildman–Crippen LogP) is 3.49. The summed E-state index contributed by atoms with van der Waals surface area (Å²) in [6.07, 6.45) is 0.743. The largest absolute Gasteiger partial charge is 0.419 e. The van der Waals surface area contributed by atoms with Gasteiger partial charge in [-0.2, -0.15) is 0 Å². The third-order valence-corrected chi connectivity index (χ3v) is 3.35. The fraction of sp³-hybridized carbons (Fsp3) is 0.231. The molecule has 0 atom stereocenters. The molecule has 4 nitrogen and oxygen atoms in total. The van der Waals surface area contributed by atoms with Gasteiger partial charge >= 0.3 is 11.9 Å². The zero-order valence-corrected chi connectivity index (χ0v) is 12.3. The topological polar surface area (TPSA) is 52.6 Å². The molecule has 1 aromatic carbocycles. The van der Waals surface area contributed by atoms with E-state index in [1.165, 1.54) is 13.8 Å². The van der Waals surface area contributed by atoms with Crippen molar-refractivity contribution < 1.29 is 27.8 Å². The van der Waals surface area contributed by atoms with Crippen LogP contribution in [0.2, 0.25) is 10.0 Å². The average molecular weight is 337 g/mol. The van der Waals surface area contributed by atoms with Crippen molar-refractivity contribution >= 4 is 41.2 Å². The number of rotatable bonds is 1. The van der Waals surface area contributed by atoms with Crippen LogP contribution in [0.25, 0.3) is 6.08 Å². The van der Waals surface area contributed by atoms with Crippen molar-refractivity contribution in [1.29, 1.82) is 0 Å². The Hall–Kier alpha value is -1.66. The summed E-state index contributed by atoms with van der Waals surface area (Å²) < 4.78 is 36.7. The Balaban J connectivity index is 2.55. The van der Waals surface area contributed by atoms with Gasteiger partial charge in [0, 0.05) is 19.4 Å². The van der Waals surface area contributed by atoms with E-state index in [9.17, 15) is 18.4 Å². The summed E-state index contributed by atoms with van der Waals surface area (Å²) in [6.45, 7) is 2.71. The molecule has 0 saturated carbocycles. The first-order valence-corrected chi connectivity index (χ1v) is 6.39. The summed E-state index contributed by atoms with van der Waals surface area (Å²) in [5.74, 6) is -6.12. The second-order valence-corrected chi connectivity index (χ2v) is 5.40. The van der Waals surface area contributed by atoms with Crippen molar-refractivity contribution in [3.63, 3.8) is 0 Å². The molecule has 0 aromatic heterocycles. The van der Waals surface area contributed by atoms with E-state index < -0.39 is 40.5 Å². The first-order valence-electron chi connectivity index (χ1n) is 5.64. The lowest BCUT2D eigenvalue weighted by molar-refractivity contribution is -0.222. The van der Waals surface area contributed by atoms with E-state index in [0.29, 0.717) is 6.07 Å². The molecule has 1 aliphatic heterocycles. The van der Waals surface area contributed by atoms with Gasteiger partial charge in [0.2, 0.25) is 0 Å². The van der Waals surface area contributed by atoms with E-state index in [-0.39, 0.29) is 10.0 Å². The third-order valence-electron chi connectivity index (χ3n) is 2.55. The number of esters is 2. The second-order valence-electron chi connectivity index (χ2n) is 4.62.